The van der Waals surface area contributed by atoms with Gasteiger partial charge in [-0.15, -0.1) is 0 Å². The third kappa shape index (κ3) is 2.91. The van der Waals surface area contributed by atoms with Crippen molar-refractivity contribution in [3.63, 3.8) is 0 Å². The van der Waals surface area contributed by atoms with E-state index in [-0.39, 0.29) is 0 Å². The number of methoxy groups -OCH3 is 3. The molecule has 2 aromatic carbocycles. The molecule has 3 rings (SSSR count). The van der Waals surface area contributed by atoms with E-state index in [0.717, 1.165) is 5.56 Å². The first-order valence-corrected chi connectivity index (χ1v) is 7.48. The summed E-state index contributed by atoms with van der Waals surface area (Å²) in [7, 11) is 4.71. The molecule has 0 amide bonds. The zero-order valence-electron chi connectivity index (χ0n) is 14.2. The van der Waals surface area contributed by atoms with E-state index >= 15 is 0 Å². The number of nitrogens with two attached hydrogens (primary N) is 2. The second-order valence-electron chi connectivity index (χ2n) is 5.27. The van der Waals surface area contributed by atoms with Crippen molar-refractivity contribution in [2.24, 2.45) is 0 Å². The lowest BCUT2D eigenvalue weighted by Gasteiger charge is -2.12. The van der Waals surface area contributed by atoms with Gasteiger partial charge in [-0.2, -0.15) is 0 Å². The maximum Gasteiger partial charge on any atom is 0.182 e. The third-order valence-electron chi connectivity index (χ3n) is 3.90. The van der Waals surface area contributed by atoms with Crippen molar-refractivity contribution in [1.29, 1.82) is 0 Å². The first-order chi connectivity index (χ1) is 12.1. The van der Waals surface area contributed by atoms with Crippen LogP contribution in [0.1, 0.15) is 0 Å². The Hall–Kier alpha value is -3.35. The summed E-state index contributed by atoms with van der Waals surface area (Å²) in [6.45, 7) is 0. The minimum Gasteiger partial charge on any atom is -0.497 e. The number of oxazole rings is 1. The number of hydrogen-bond donors (Lipinski definition) is 2. The molecule has 0 aliphatic rings. The number of rotatable bonds is 5. The van der Waals surface area contributed by atoms with Gasteiger partial charge in [0.1, 0.15) is 22.9 Å². The number of anilines is 2. The maximum absolute atomic E-state index is 6.17. The van der Waals surface area contributed by atoms with Gasteiger partial charge in [-0.05, 0) is 24.3 Å². The molecule has 1 aromatic heterocycles. The first kappa shape index (κ1) is 16.5. The van der Waals surface area contributed by atoms with Crippen LogP contribution in [0.2, 0.25) is 0 Å². The molecule has 0 aliphatic heterocycles. The van der Waals surface area contributed by atoms with Crippen molar-refractivity contribution in [2.75, 3.05) is 32.8 Å². The Balaban J connectivity index is 2.15. The molecule has 0 spiro atoms. The van der Waals surface area contributed by atoms with E-state index in [4.69, 9.17) is 30.1 Å². The van der Waals surface area contributed by atoms with Crippen LogP contribution in [0.5, 0.6) is 17.2 Å². The Bertz CT molecular complexity index is 883. The first-order valence-electron chi connectivity index (χ1n) is 7.48. The summed E-state index contributed by atoms with van der Waals surface area (Å²) >= 11 is 0. The second-order valence-corrected chi connectivity index (χ2v) is 5.27. The molecule has 3 aromatic rings. The highest BCUT2D eigenvalue weighted by atomic mass is 16.5. The van der Waals surface area contributed by atoms with E-state index in [2.05, 4.69) is 4.98 Å². The molecule has 0 atom stereocenters. The predicted molar refractivity (Wildman–Crippen MR) is 95.9 cm³/mol. The highest BCUT2D eigenvalue weighted by Gasteiger charge is 2.19. The molecule has 0 bridgehead atoms. The van der Waals surface area contributed by atoms with Gasteiger partial charge in [-0.25, -0.2) is 4.98 Å². The summed E-state index contributed by atoms with van der Waals surface area (Å²) in [5.41, 5.74) is 14.9. The minimum absolute atomic E-state index is 0.352. The van der Waals surface area contributed by atoms with Gasteiger partial charge in [-0.1, -0.05) is 0 Å². The molecule has 1 heterocycles. The standard InChI is InChI=1S/C18H19N3O4/c1-22-11-6-10(7-12(8-11)23-2)17-18(25-9-21-17)13-4-5-14(24-3)16(20)15(13)19/h4-9H,19-20H2,1-3H3. The van der Waals surface area contributed by atoms with Gasteiger partial charge >= 0.3 is 0 Å². The summed E-state index contributed by atoms with van der Waals surface area (Å²) in [6.07, 6.45) is 1.36. The highest BCUT2D eigenvalue weighted by Crippen LogP contribution is 2.41. The van der Waals surface area contributed by atoms with Crippen molar-refractivity contribution >= 4 is 11.4 Å². The largest absolute Gasteiger partial charge is 0.497 e. The molecule has 7 nitrogen and oxygen atoms in total. The number of benzene rings is 2. The molecule has 0 aliphatic carbocycles. The Morgan fingerprint density at radius 2 is 1.56 bits per heavy atom. The Morgan fingerprint density at radius 1 is 0.880 bits per heavy atom. The van der Waals surface area contributed by atoms with Crippen molar-refractivity contribution < 1.29 is 18.6 Å². The monoisotopic (exact) mass is 341 g/mol. The van der Waals surface area contributed by atoms with E-state index in [9.17, 15) is 0 Å². The lowest BCUT2D eigenvalue weighted by Crippen LogP contribution is -2.00. The number of nitrogens with zero attached hydrogens (tertiary/aromatic N) is 1. The quantitative estimate of drug-likeness (QED) is 0.686. The smallest absolute Gasteiger partial charge is 0.182 e. The summed E-state index contributed by atoms with van der Waals surface area (Å²) in [4.78, 5) is 4.32. The zero-order chi connectivity index (χ0) is 18.0. The second kappa shape index (κ2) is 6.64. The van der Waals surface area contributed by atoms with Crippen molar-refractivity contribution in [3.05, 3.63) is 36.7 Å². The van der Waals surface area contributed by atoms with Gasteiger partial charge in [0.25, 0.3) is 0 Å². The van der Waals surface area contributed by atoms with E-state index in [0.29, 0.717) is 45.6 Å². The molecule has 0 radical (unpaired) electrons. The van der Waals surface area contributed by atoms with Crippen LogP contribution in [0, 0.1) is 0 Å². The highest BCUT2D eigenvalue weighted by molar-refractivity contribution is 5.90. The fourth-order valence-corrected chi connectivity index (χ4v) is 2.58. The minimum atomic E-state index is 0.352. The van der Waals surface area contributed by atoms with Crippen molar-refractivity contribution in [2.45, 2.75) is 0 Å². The van der Waals surface area contributed by atoms with Crippen LogP contribution < -0.4 is 25.7 Å². The molecule has 7 heteroatoms. The maximum atomic E-state index is 6.17. The van der Waals surface area contributed by atoms with E-state index in [1.165, 1.54) is 13.5 Å². The van der Waals surface area contributed by atoms with Crippen molar-refractivity contribution in [3.8, 4) is 39.8 Å². The van der Waals surface area contributed by atoms with Crippen LogP contribution >= 0.6 is 0 Å². The fraction of sp³-hybridized carbons (Fsp3) is 0.167. The summed E-state index contributed by atoms with van der Waals surface area (Å²) in [6, 6.07) is 8.98. The van der Waals surface area contributed by atoms with E-state index < -0.39 is 0 Å². The molecule has 0 saturated heterocycles. The van der Waals surface area contributed by atoms with Gasteiger partial charge in [-0.3, -0.25) is 0 Å². The lowest BCUT2D eigenvalue weighted by molar-refractivity contribution is 0.394. The molecular formula is C18H19N3O4. The summed E-state index contributed by atoms with van der Waals surface area (Å²) in [5.74, 6) is 2.29. The Morgan fingerprint density at radius 3 is 2.16 bits per heavy atom. The topological polar surface area (TPSA) is 106 Å². The molecule has 0 fully saturated rings. The van der Waals surface area contributed by atoms with Crippen LogP contribution in [-0.4, -0.2) is 26.3 Å². The third-order valence-corrected chi connectivity index (χ3v) is 3.90. The molecule has 0 unspecified atom stereocenters. The fourth-order valence-electron chi connectivity index (χ4n) is 2.58. The molecule has 25 heavy (non-hydrogen) atoms. The molecule has 4 N–H and O–H groups in total. The number of hydrogen-bond acceptors (Lipinski definition) is 7. The molecular weight excluding hydrogens is 322 g/mol. The number of ether oxygens (including phenoxy) is 3. The van der Waals surface area contributed by atoms with Crippen LogP contribution in [-0.2, 0) is 0 Å². The van der Waals surface area contributed by atoms with Crippen LogP contribution in [0.4, 0.5) is 11.4 Å². The van der Waals surface area contributed by atoms with Gasteiger partial charge in [0.05, 0.1) is 32.7 Å². The molecule has 0 saturated carbocycles. The summed E-state index contributed by atoms with van der Waals surface area (Å²) < 4.78 is 21.4. The average molecular weight is 341 g/mol. The van der Waals surface area contributed by atoms with Gasteiger partial charge in [0.15, 0.2) is 12.2 Å². The average Bonchev–Trinajstić information content (AvgIpc) is 3.13. The lowest BCUT2D eigenvalue weighted by atomic mass is 10.0. The van der Waals surface area contributed by atoms with E-state index in [1.807, 2.05) is 12.1 Å². The van der Waals surface area contributed by atoms with Crippen molar-refractivity contribution in [1.82, 2.24) is 4.98 Å². The van der Waals surface area contributed by atoms with Gasteiger partial charge in [0, 0.05) is 17.2 Å². The molecule has 130 valence electrons. The summed E-state index contributed by atoms with van der Waals surface area (Å²) in [5, 5.41) is 0. The number of nitrogen functional groups attached to an aromatic ring is 2. The van der Waals surface area contributed by atoms with Gasteiger partial charge < -0.3 is 30.1 Å². The van der Waals surface area contributed by atoms with Crippen LogP contribution in [0.25, 0.3) is 22.6 Å². The predicted octanol–water partition coefficient (Wildman–Crippen LogP) is 3.20. The Kier molecular flexibility index (Phi) is 4.38. The SMILES string of the molecule is COc1cc(OC)cc(-c2ncoc2-c2ccc(OC)c(N)c2N)c1. The van der Waals surface area contributed by atoms with Gasteiger partial charge in [0.2, 0.25) is 0 Å². The van der Waals surface area contributed by atoms with E-state index in [1.54, 1.807) is 32.4 Å². The normalized spacial score (nSPS) is 10.5. The number of aromatic nitrogens is 1. The zero-order valence-corrected chi connectivity index (χ0v) is 14.2. The Labute approximate surface area is 145 Å². The van der Waals surface area contributed by atoms with Crippen LogP contribution in [0.3, 0.4) is 0 Å². The van der Waals surface area contributed by atoms with Crippen LogP contribution in [0.15, 0.2) is 41.1 Å².